The van der Waals surface area contributed by atoms with Crippen LogP contribution >= 0.6 is 0 Å². The summed E-state index contributed by atoms with van der Waals surface area (Å²) in [6.07, 6.45) is 5.32. The van der Waals surface area contributed by atoms with Crippen LogP contribution in [0.15, 0.2) is 24.3 Å². The van der Waals surface area contributed by atoms with Gasteiger partial charge in [-0.25, -0.2) is 0 Å². The molecule has 0 aromatic heterocycles. The summed E-state index contributed by atoms with van der Waals surface area (Å²) in [6, 6.07) is 9.63. The molecule has 1 heterocycles. The zero-order chi connectivity index (χ0) is 14.9. The lowest BCUT2D eigenvalue weighted by molar-refractivity contribution is 0.0556. The molecule has 116 valence electrons. The van der Waals surface area contributed by atoms with E-state index >= 15 is 0 Å². The minimum atomic E-state index is 0.327. The van der Waals surface area contributed by atoms with Gasteiger partial charge in [0.2, 0.25) is 0 Å². The molecule has 3 rings (SSSR count). The van der Waals surface area contributed by atoms with E-state index in [4.69, 9.17) is 0 Å². The minimum absolute atomic E-state index is 0.327. The maximum Gasteiger partial charge on any atom is 0.0304 e. The number of hydrogen-bond acceptors (Lipinski definition) is 2. The van der Waals surface area contributed by atoms with Gasteiger partial charge in [-0.3, -0.25) is 4.90 Å². The number of benzene rings is 1. The van der Waals surface area contributed by atoms with Crippen molar-refractivity contribution in [3.05, 3.63) is 35.4 Å². The molecule has 1 aromatic carbocycles. The molecule has 2 aliphatic rings. The Hall–Kier alpha value is -0.860. The largest absolute Gasteiger partial charge is 0.308 e. The van der Waals surface area contributed by atoms with E-state index in [1.165, 1.54) is 49.9 Å². The van der Waals surface area contributed by atoms with Gasteiger partial charge in [0, 0.05) is 31.2 Å². The molecule has 1 atom stereocenters. The average molecular weight is 286 g/mol. The van der Waals surface area contributed by atoms with Crippen LogP contribution < -0.4 is 5.32 Å². The van der Waals surface area contributed by atoms with Crippen molar-refractivity contribution >= 4 is 0 Å². The van der Waals surface area contributed by atoms with Crippen LogP contribution in [0.1, 0.15) is 50.7 Å². The second-order valence-electron chi connectivity index (χ2n) is 7.10. The Bertz CT molecular complexity index is 474. The molecule has 2 fully saturated rings. The number of nitrogens with zero attached hydrogens (tertiary/aromatic N) is 1. The third-order valence-corrected chi connectivity index (χ3v) is 5.82. The number of nitrogens with one attached hydrogen (secondary N) is 1. The molecule has 0 bridgehead atoms. The Morgan fingerprint density at radius 2 is 1.90 bits per heavy atom. The normalized spacial score (nSPS) is 26.0. The van der Waals surface area contributed by atoms with Gasteiger partial charge < -0.3 is 5.32 Å². The van der Waals surface area contributed by atoms with Gasteiger partial charge in [-0.15, -0.1) is 0 Å². The van der Waals surface area contributed by atoms with E-state index in [-0.39, 0.29) is 0 Å². The van der Waals surface area contributed by atoms with E-state index in [2.05, 4.69) is 55.3 Å². The molecule has 1 aliphatic heterocycles. The Kier molecular flexibility index (Phi) is 4.37. The van der Waals surface area contributed by atoms with Crippen LogP contribution in [0.5, 0.6) is 0 Å². The zero-order valence-corrected chi connectivity index (χ0v) is 13.9. The van der Waals surface area contributed by atoms with Gasteiger partial charge in [0.1, 0.15) is 0 Å². The van der Waals surface area contributed by atoms with Crippen molar-refractivity contribution in [2.24, 2.45) is 5.92 Å². The fraction of sp³-hybridized carbons (Fsp3) is 0.684. The monoisotopic (exact) mass is 286 g/mol. The first-order valence-electron chi connectivity index (χ1n) is 8.71. The number of aryl methyl sites for hydroxylation is 1. The molecule has 0 amide bonds. The highest BCUT2D eigenvalue weighted by Gasteiger charge is 2.42. The molecule has 1 unspecified atom stereocenters. The van der Waals surface area contributed by atoms with E-state index in [1.807, 2.05) is 0 Å². The number of hydrogen-bond donors (Lipinski definition) is 1. The third kappa shape index (κ3) is 3.17. The summed E-state index contributed by atoms with van der Waals surface area (Å²) in [5.41, 5.74) is 3.27. The summed E-state index contributed by atoms with van der Waals surface area (Å²) in [4.78, 5) is 2.78. The molecule has 1 aromatic rings. The Morgan fingerprint density at radius 3 is 2.52 bits per heavy atom. The van der Waals surface area contributed by atoms with Gasteiger partial charge in [0.05, 0.1) is 0 Å². The first-order valence-corrected chi connectivity index (χ1v) is 8.71. The lowest BCUT2D eigenvalue weighted by atomic mass is 9.87. The molecule has 1 saturated heterocycles. The fourth-order valence-electron chi connectivity index (χ4n) is 3.86. The summed E-state index contributed by atoms with van der Waals surface area (Å²) < 4.78 is 0. The molecule has 1 aliphatic carbocycles. The van der Waals surface area contributed by atoms with Crippen LogP contribution in [-0.2, 0) is 6.54 Å². The molecular formula is C19H30N2. The number of piperazine rings is 1. The minimum Gasteiger partial charge on any atom is -0.308 e. The van der Waals surface area contributed by atoms with Crippen molar-refractivity contribution < 1.29 is 0 Å². The van der Waals surface area contributed by atoms with Gasteiger partial charge in [0.25, 0.3) is 0 Å². The molecule has 1 N–H and O–H groups in total. The van der Waals surface area contributed by atoms with Gasteiger partial charge in [-0.2, -0.15) is 0 Å². The second-order valence-corrected chi connectivity index (χ2v) is 7.10. The second kappa shape index (κ2) is 6.10. The first kappa shape index (κ1) is 15.1. The van der Waals surface area contributed by atoms with E-state index in [9.17, 15) is 0 Å². The van der Waals surface area contributed by atoms with E-state index in [1.54, 1.807) is 0 Å². The summed E-state index contributed by atoms with van der Waals surface area (Å²) >= 11 is 0. The summed E-state index contributed by atoms with van der Waals surface area (Å²) in [7, 11) is 0. The third-order valence-electron chi connectivity index (χ3n) is 5.82. The molecule has 0 spiro atoms. The van der Waals surface area contributed by atoms with Gasteiger partial charge >= 0.3 is 0 Å². The van der Waals surface area contributed by atoms with Crippen LogP contribution in [0.2, 0.25) is 0 Å². The van der Waals surface area contributed by atoms with Crippen LogP contribution in [0, 0.1) is 12.8 Å². The molecular weight excluding hydrogens is 256 g/mol. The SMILES string of the molecule is CCC1(CC)CN(Cc2ccccc2C)C(C2CC2)CN1. The lowest BCUT2D eigenvalue weighted by Gasteiger charge is -2.48. The average Bonchev–Trinajstić information content (AvgIpc) is 3.34. The highest BCUT2D eigenvalue weighted by Crippen LogP contribution is 2.38. The quantitative estimate of drug-likeness (QED) is 0.887. The van der Waals surface area contributed by atoms with Crippen LogP contribution in [0.4, 0.5) is 0 Å². The predicted octanol–water partition coefficient (Wildman–Crippen LogP) is 3.74. The Morgan fingerprint density at radius 1 is 1.19 bits per heavy atom. The Balaban J connectivity index is 1.79. The van der Waals surface area contributed by atoms with Crippen molar-refractivity contribution in [2.75, 3.05) is 13.1 Å². The van der Waals surface area contributed by atoms with E-state index in [0.29, 0.717) is 5.54 Å². The standard InChI is InChI=1S/C19H30N2/c1-4-19(5-2)14-21(18(12-20-19)16-10-11-16)13-17-9-7-6-8-15(17)3/h6-9,16,18,20H,4-5,10-14H2,1-3H3. The molecule has 21 heavy (non-hydrogen) atoms. The first-order chi connectivity index (χ1) is 10.2. The van der Waals surface area contributed by atoms with Gasteiger partial charge in [-0.1, -0.05) is 38.1 Å². The highest BCUT2D eigenvalue weighted by atomic mass is 15.3. The van der Waals surface area contributed by atoms with E-state index < -0.39 is 0 Å². The van der Waals surface area contributed by atoms with Crippen molar-refractivity contribution in [2.45, 2.75) is 64.6 Å². The fourth-order valence-corrected chi connectivity index (χ4v) is 3.86. The maximum atomic E-state index is 3.89. The van der Waals surface area contributed by atoms with Crippen LogP contribution in [-0.4, -0.2) is 29.6 Å². The van der Waals surface area contributed by atoms with Crippen LogP contribution in [0.25, 0.3) is 0 Å². The summed E-state index contributed by atoms with van der Waals surface area (Å²) in [5.74, 6) is 0.938. The zero-order valence-electron chi connectivity index (χ0n) is 13.9. The molecule has 2 heteroatoms. The van der Waals surface area contributed by atoms with Crippen molar-refractivity contribution in [1.82, 2.24) is 10.2 Å². The van der Waals surface area contributed by atoms with Gasteiger partial charge in [0.15, 0.2) is 0 Å². The molecule has 0 radical (unpaired) electrons. The van der Waals surface area contributed by atoms with Crippen molar-refractivity contribution in [3.63, 3.8) is 0 Å². The van der Waals surface area contributed by atoms with Crippen molar-refractivity contribution in [1.29, 1.82) is 0 Å². The summed E-state index contributed by atoms with van der Waals surface area (Å²) in [5, 5.41) is 3.89. The van der Waals surface area contributed by atoms with Crippen LogP contribution in [0.3, 0.4) is 0 Å². The molecule has 1 saturated carbocycles. The van der Waals surface area contributed by atoms with Gasteiger partial charge in [-0.05, 0) is 49.7 Å². The number of rotatable bonds is 5. The van der Waals surface area contributed by atoms with E-state index in [0.717, 1.165) is 18.5 Å². The summed E-state index contributed by atoms with van der Waals surface area (Å²) in [6.45, 7) is 10.4. The Labute approximate surface area is 129 Å². The smallest absolute Gasteiger partial charge is 0.0304 e. The topological polar surface area (TPSA) is 15.3 Å². The lowest BCUT2D eigenvalue weighted by Crippen LogP contribution is -2.64. The highest BCUT2D eigenvalue weighted by molar-refractivity contribution is 5.25. The predicted molar refractivity (Wildman–Crippen MR) is 89.4 cm³/mol. The maximum absolute atomic E-state index is 3.89. The van der Waals surface area contributed by atoms with Crippen molar-refractivity contribution in [3.8, 4) is 0 Å². The molecule has 2 nitrogen and oxygen atoms in total.